The molecule has 26 heavy (non-hydrogen) atoms. The molecule has 0 saturated heterocycles. The van der Waals surface area contributed by atoms with Crippen molar-refractivity contribution >= 4 is 11.8 Å². The van der Waals surface area contributed by atoms with Crippen molar-refractivity contribution in [1.29, 1.82) is 0 Å². The zero-order chi connectivity index (χ0) is 18.5. The predicted molar refractivity (Wildman–Crippen MR) is 96.1 cm³/mol. The highest BCUT2D eigenvalue weighted by molar-refractivity contribution is 6.08. The molecule has 2 N–H and O–H groups in total. The SMILES string of the molecule is O=C(Cc1cccc(Oc2ccccc2)c1)c1cccc(O)c1C(=O)O. The number of carbonyl (C=O) groups is 2. The van der Waals surface area contributed by atoms with Gasteiger partial charge in [0.25, 0.3) is 0 Å². The molecule has 0 fully saturated rings. The maximum absolute atomic E-state index is 12.5. The fraction of sp³-hybridized carbons (Fsp3) is 0.0476. The summed E-state index contributed by atoms with van der Waals surface area (Å²) in [6.07, 6.45) is -0.00424. The fourth-order valence-corrected chi connectivity index (χ4v) is 2.62. The Bertz CT molecular complexity index is 948. The summed E-state index contributed by atoms with van der Waals surface area (Å²) in [5.41, 5.74) is 0.282. The molecule has 0 aromatic heterocycles. The highest BCUT2D eigenvalue weighted by atomic mass is 16.5. The number of hydrogen-bond acceptors (Lipinski definition) is 4. The maximum Gasteiger partial charge on any atom is 0.340 e. The smallest absolute Gasteiger partial charge is 0.340 e. The molecule has 0 atom stereocenters. The van der Waals surface area contributed by atoms with Crippen LogP contribution in [0, 0.1) is 0 Å². The number of hydrogen-bond donors (Lipinski definition) is 2. The number of aromatic hydroxyl groups is 1. The highest BCUT2D eigenvalue weighted by Gasteiger charge is 2.20. The second kappa shape index (κ2) is 7.53. The van der Waals surface area contributed by atoms with E-state index in [0.717, 1.165) is 0 Å². The van der Waals surface area contributed by atoms with Crippen molar-refractivity contribution < 1.29 is 24.5 Å². The Labute approximate surface area is 150 Å². The Morgan fingerprint density at radius 2 is 1.54 bits per heavy atom. The van der Waals surface area contributed by atoms with Crippen molar-refractivity contribution in [3.63, 3.8) is 0 Å². The van der Waals surface area contributed by atoms with Crippen molar-refractivity contribution in [3.8, 4) is 17.2 Å². The van der Waals surface area contributed by atoms with E-state index in [0.29, 0.717) is 17.1 Å². The third-order valence-electron chi connectivity index (χ3n) is 3.80. The number of carboxylic acid groups (broad SMARTS) is 1. The normalized spacial score (nSPS) is 10.3. The minimum absolute atomic E-state index is 0.00424. The second-order valence-electron chi connectivity index (χ2n) is 5.67. The lowest BCUT2D eigenvalue weighted by Crippen LogP contribution is -2.11. The van der Waals surface area contributed by atoms with E-state index in [9.17, 15) is 19.8 Å². The van der Waals surface area contributed by atoms with Gasteiger partial charge in [0.2, 0.25) is 0 Å². The van der Waals surface area contributed by atoms with Gasteiger partial charge in [0, 0.05) is 12.0 Å². The van der Waals surface area contributed by atoms with Crippen LogP contribution in [0.5, 0.6) is 17.2 Å². The lowest BCUT2D eigenvalue weighted by atomic mass is 9.97. The van der Waals surface area contributed by atoms with Gasteiger partial charge in [0.1, 0.15) is 22.8 Å². The first-order valence-corrected chi connectivity index (χ1v) is 7.95. The first-order chi connectivity index (χ1) is 12.5. The largest absolute Gasteiger partial charge is 0.507 e. The summed E-state index contributed by atoms with van der Waals surface area (Å²) in [5.74, 6) is -0.903. The van der Waals surface area contributed by atoms with E-state index in [1.807, 2.05) is 30.3 Å². The zero-order valence-electron chi connectivity index (χ0n) is 13.8. The summed E-state index contributed by atoms with van der Waals surface area (Å²) in [4.78, 5) is 23.9. The minimum atomic E-state index is -1.34. The van der Waals surface area contributed by atoms with Crippen LogP contribution in [0.4, 0.5) is 0 Å². The molecule has 0 spiro atoms. The number of carbonyl (C=O) groups excluding carboxylic acids is 1. The van der Waals surface area contributed by atoms with E-state index < -0.39 is 17.5 Å². The van der Waals surface area contributed by atoms with Crippen LogP contribution in [0.1, 0.15) is 26.3 Å². The van der Waals surface area contributed by atoms with Crippen LogP contribution in [-0.2, 0) is 6.42 Å². The summed E-state index contributed by atoms with van der Waals surface area (Å²) in [6, 6.07) is 20.4. The van der Waals surface area contributed by atoms with Gasteiger partial charge in [-0.3, -0.25) is 4.79 Å². The van der Waals surface area contributed by atoms with Gasteiger partial charge in [-0.2, -0.15) is 0 Å². The minimum Gasteiger partial charge on any atom is -0.507 e. The van der Waals surface area contributed by atoms with E-state index in [-0.39, 0.29) is 17.5 Å². The molecule has 5 nitrogen and oxygen atoms in total. The van der Waals surface area contributed by atoms with Gasteiger partial charge in [-0.1, -0.05) is 42.5 Å². The molecule has 0 unspecified atom stereocenters. The number of ketones is 1. The van der Waals surface area contributed by atoms with Crippen molar-refractivity contribution in [3.05, 3.63) is 89.5 Å². The van der Waals surface area contributed by atoms with Gasteiger partial charge < -0.3 is 14.9 Å². The van der Waals surface area contributed by atoms with Gasteiger partial charge in [0.15, 0.2) is 5.78 Å². The number of carboxylic acids is 1. The van der Waals surface area contributed by atoms with Crippen LogP contribution in [0.2, 0.25) is 0 Å². The first-order valence-electron chi connectivity index (χ1n) is 7.95. The number of Topliss-reactive ketones (excluding diaryl/α,β-unsaturated/α-hetero) is 1. The van der Waals surface area contributed by atoms with Crippen LogP contribution >= 0.6 is 0 Å². The van der Waals surface area contributed by atoms with Crippen molar-refractivity contribution in [2.24, 2.45) is 0 Å². The summed E-state index contributed by atoms with van der Waals surface area (Å²) in [6.45, 7) is 0. The van der Waals surface area contributed by atoms with E-state index in [1.165, 1.54) is 18.2 Å². The predicted octanol–water partition coefficient (Wildman–Crippen LogP) is 4.31. The Morgan fingerprint density at radius 1 is 0.846 bits per heavy atom. The summed E-state index contributed by atoms with van der Waals surface area (Å²) >= 11 is 0. The molecule has 0 radical (unpaired) electrons. The average Bonchev–Trinajstić information content (AvgIpc) is 2.62. The fourth-order valence-electron chi connectivity index (χ4n) is 2.62. The van der Waals surface area contributed by atoms with Crippen LogP contribution in [0.15, 0.2) is 72.8 Å². The Kier molecular flexibility index (Phi) is 4.99. The van der Waals surface area contributed by atoms with E-state index in [1.54, 1.807) is 24.3 Å². The molecule has 0 amide bonds. The standard InChI is InChI=1S/C21H16O5/c22-18-11-5-10-17(20(18)21(24)25)19(23)13-14-6-4-9-16(12-14)26-15-7-2-1-3-8-15/h1-12,22H,13H2,(H,24,25). The monoisotopic (exact) mass is 348 g/mol. The number of para-hydroxylation sites is 1. The summed E-state index contributed by atoms with van der Waals surface area (Å²) in [5, 5.41) is 19.0. The number of phenols is 1. The lowest BCUT2D eigenvalue weighted by molar-refractivity contribution is 0.0688. The number of ether oxygens (including phenoxy) is 1. The second-order valence-corrected chi connectivity index (χ2v) is 5.67. The average molecular weight is 348 g/mol. The molecule has 3 rings (SSSR count). The Hall–Kier alpha value is -3.60. The first kappa shape index (κ1) is 17.2. The lowest BCUT2D eigenvalue weighted by Gasteiger charge is -2.09. The third kappa shape index (κ3) is 3.89. The van der Waals surface area contributed by atoms with Crippen LogP contribution < -0.4 is 4.74 Å². The molecule has 130 valence electrons. The van der Waals surface area contributed by atoms with E-state index >= 15 is 0 Å². The molecular formula is C21H16O5. The molecular weight excluding hydrogens is 332 g/mol. The van der Waals surface area contributed by atoms with Crippen molar-refractivity contribution in [2.45, 2.75) is 6.42 Å². The van der Waals surface area contributed by atoms with Crippen LogP contribution in [0.3, 0.4) is 0 Å². The van der Waals surface area contributed by atoms with Crippen molar-refractivity contribution in [1.82, 2.24) is 0 Å². The van der Waals surface area contributed by atoms with Gasteiger partial charge in [-0.05, 0) is 35.9 Å². The number of rotatable bonds is 6. The topological polar surface area (TPSA) is 83.8 Å². The molecule has 0 aliphatic rings. The van der Waals surface area contributed by atoms with Crippen LogP contribution in [-0.4, -0.2) is 22.0 Å². The summed E-state index contributed by atoms with van der Waals surface area (Å²) in [7, 11) is 0. The Balaban J connectivity index is 1.82. The molecule has 0 aliphatic carbocycles. The molecule has 0 saturated carbocycles. The third-order valence-corrected chi connectivity index (χ3v) is 3.80. The van der Waals surface area contributed by atoms with E-state index in [4.69, 9.17) is 4.74 Å². The van der Waals surface area contributed by atoms with Crippen LogP contribution in [0.25, 0.3) is 0 Å². The Morgan fingerprint density at radius 3 is 2.27 bits per heavy atom. The number of aromatic carboxylic acids is 1. The number of benzene rings is 3. The highest BCUT2D eigenvalue weighted by Crippen LogP contribution is 2.25. The molecule has 5 heteroatoms. The zero-order valence-corrected chi connectivity index (χ0v) is 13.8. The van der Waals surface area contributed by atoms with Crippen molar-refractivity contribution in [2.75, 3.05) is 0 Å². The summed E-state index contributed by atoms with van der Waals surface area (Å²) < 4.78 is 5.74. The van der Waals surface area contributed by atoms with Gasteiger partial charge >= 0.3 is 5.97 Å². The molecule has 3 aromatic carbocycles. The molecule has 0 bridgehead atoms. The molecule has 3 aromatic rings. The quantitative estimate of drug-likeness (QED) is 0.649. The molecule has 0 heterocycles. The maximum atomic E-state index is 12.5. The molecule has 0 aliphatic heterocycles. The van der Waals surface area contributed by atoms with E-state index in [2.05, 4.69) is 0 Å². The van der Waals surface area contributed by atoms with Gasteiger partial charge in [-0.25, -0.2) is 4.79 Å². The van der Waals surface area contributed by atoms with Gasteiger partial charge in [-0.15, -0.1) is 0 Å². The van der Waals surface area contributed by atoms with Gasteiger partial charge in [0.05, 0.1) is 0 Å².